The van der Waals surface area contributed by atoms with Gasteiger partial charge in [0.05, 0.1) is 5.56 Å². The number of hydrogen-bond acceptors (Lipinski definition) is 2. The van der Waals surface area contributed by atoms with Crippen LogP contribution in [-0.4, -0.2) is 17.9 Å². The van der Waals surface area contributed by atoms with Crippen LogP contribution in [0.25, 0.3) is 11.1 Å². The predicted octanol–water partition coefficient (Wildman–Crippen LogP) is 5.33. The summed E-state index contributed by atoms with van der Waals surface area (Å²) in [4.78, 5) is 18.5. The molecule has 0 fully saturated rings. The van der Waals surface area contributed by atoms with Gasteiger partial charge in [0, 0.05) is 40.7 Å². The lowest BCUT2D eigenvalue weighted by Crippen LogP contribution is -2.26. The lowest BCUT2D eigenvalue weighted by molar-refractivity contribution is 0.0992. The van der Waals surface area contributed by atoms with E-state index in [1.54, 1.807) is 48.6 Å². The second-order valence-electron chi connectivity index (χ2n) is 5.31. The van der Waals surface area contributed by atoms with Gasteiger partial charge in [-0.2, -0.15) is 0 Å². The largest absolute Gasteiger partial charge is 0.311 e. The maximum atomic E-state index is 12.7. The minimum atomic E-state index is -0.145. The molecule has 0 aliphatic rings. The number of halogens is 2. The van der Waals surface area contributed by atoms with Gasteiger partial charge in [0.25, 0.3) is 5.91 Å². The third-order valence-electron chi connectivity index (χ3n) is 3.66. The molecule has 3 aromatic rings. The molecule has 1 aromatic heterocycles. The Balaban J connectivity index is 1.90. The zero-order valence-corrected chi connectivity index (χ0v) is 14.4. The van der Waals surface area contributed by atoms with Gasteiger partial charge in [0.2, 0.25) is 0 Å². The molecule has 0 atom stereocenters. The summed E-state index contributed by atoms with van der Waals surface area (Å²) in [5.74, 6) is -0.145. The van der Waals surface area contributed by atoms with Gasteiger partial charge in [-0.3, -0.25) is 9.78 Å². The summed E-state index contributed by atoms with van der Waals surface area (Å²) in [7, 11) is 1.72. The van der Waals surface area contributed by atoms with Crippen molar-refractivity contribution in [1.82, 2.24) is 4.98 Å². The standard InChI is InChI=1S/C19H14Cl2N2O/c1-23(18-7-5-16(20)6-8-18)19(24)15-9-14(11-22-12-15)13-3-2-4-17(21)10-13/h2-12H,1H3. The van der Waals surface area contributed by atoms with Crippen molar-refractivity contribution in [3.8, 4) is 11.1 Å². The average Bonchev–Trinajstić information content (AvgIpc) is 2.61. The second kappa shape index (κ2) is 7.04. The molecule has 2 aromatic carbocycles. The van der Waals surface area contributed by atoms with E-state index in [-0.39, 0.29) is 5.91 Å². The molecule has 0 bridgehead atoms. The van der Waals surface area contributed by atoms with Crippen LogP contribution in [0.1, 0.15) is 10.4 Å². The van der Waals surface area contributed by atoms with Gasteiger partial charge < -0.3 is 4.90 Å². The van der Waals surface area contributed by atoms with Gasteiger partial charge in [-0.1, -0.05) is 35.3 Å². The quantitative estimate of drug-likeness (QED) is 0.635. The molecule has 0 unspecified atom stereocenters. The first-order valence-electron chi connectivity index (χ1n) is 7.29. The molecule has 120 valence electrons. The topological polar surface area (TPSA) is 33.2 Å². The van der Waals surface area contributed by atoms with Crippen molar-refractivity contribution in [2.75, 3.05) is 11.9 Å². The third kappa shape index (κ3) is 3.58. The second-order valence-corrected chi connectivity index (χ2v) is 6.19. The highest BCUT2D eigenvalue weighted by Crippen LogP contribution is 2.24. The van der Waals surface area contributed by atoms with E-state index >= 15 is 0 Å². The van der Waals surface area contributed by atoms with Crippen molar-refractivity contribution < 1.29 is 4.79 Å². The van der Waals surface area contributed by atoms with E-state index in [4.69, 9.17) is 23.2 Å². The maximum absolute atomic E-state index is 12.7. The molecule has 0 radical (unpaired) electrons. The van der Waals surface area contributed by atoms with E-state index in [0.717, 1.165) is 16.8 Å². The average molecular weight is 357 g/mol. The lowest BCUT2D eigenvalue weighted by atomic mass is 10.1. The molecule has 1 heterocycles. The van der Waals surface area contributed by atoms with Crippen molar-refractivity contribution in [2.24, 2.45) is 0 Å². The Hall–Kier alpha value is -2.36. The van der Waals surface area contributed by atoms with Gasteiger partial charge in [-0.15, -0.1) is 0 Å². The molecule has 0 saturated heterocycles. The van der Waals surface area contributed by atoms with Crippen LogP contribution >= 0.6 is 23.2 Å². The summed E-state index contributed by atoms with van der Waals surface area (Å²) in [6.07, 6.45) is 3.27. The summed E-state index contributed by atoms with van der Waals surface area (Å²) < 4.78 is 0. The number of nitrogens with zero attached hydrogens (tertiary/aromatic N) is 2. The van der Waals surface area contributed by atoms with Gasteiger partial charge >= 0.3 is 0 Å². The van der Waals surface area contributed by atoms with Crippen LogP contribution in [0.4, 0.5) is 5.69 Å². The van der Waals surface area contributed by atoms with Crippen LogP contribution in [0.2, 0.25) is 10.0 Å². The molecule has 0 spiro atoms. The number of benzene rings is 2. The van der Waals surface area contributed by atoms with Crippen LogP contribution in [-0.2, 0) is 0 Å². The SMILES string of the molecule is CN(C(=O)c1cncc(-c2cccc(Cl)c2)c1)c1ccc(Cl)cc1. The Morgan fingerprint density at radius 1 is 0.917 bits per heavy atom. The summed E-state index contributed by atoms with van der Waals surface area (Å²) in [6, 6.07) is 16.4. The molecule has 3 rings (SSSR count). The number of pyridine rings is 1. The number of rotatable bonds is 3. The molecular weight excluding hydrogens is 343 g/mol. The molecule has 0 saturated carbocycles. The highest BCUT2D eigenvalue weighted by molar-refractivity contribution is 6.31. The first kappa shape index (κ1) is 16.5. The Labute approximate surface area is 150 Å². The Kier molecular flexibility index (Phi) is 4.84. The number of aromatic nitrogens is 1. The fourth-order valence-electron chi connectivity index (χ4n) is 2.36. The molecule has 24 heavy (non-hydrogen) atoms. The first-order valence-corrected chi connectivity index (χ1v) is 8.05. The third-order valence-corrected chi connectivity index (χ3v) is 4.15. The van der Waals surface area contributed by atoms with E-state index in [1.807, 2.05) is 30.3 Å². The van der Waals surface area contributed by atoms with Crippen LogP contribution < -0.4 is 4.90 Å². The minimum absolute atomic E-state index is 0.145. The van der Waals surface area contributed by atoms with E-state index in [1.165, 1.54) is 0 Å². The van der Waals surface area contributed by atoms with Gasteiger partial charge in [0.15, 0.2) is 0 Å². The summed E-state index contributed by atoms with van der Waals surface area (Å²) in [5.41, 5.74) is 3.02. The van der Waals surface area contributed by atoms with Crippen molar-refractivity contribution in [3.63, 3.8) is 0 Å². The van der Waals surface area contributed by atoms with Crippen LogP contribution in [0.15, 0.2) is 67.0 Å². The molecule has 1 amide bonds. The number of carbonyl (C=O) groups excluding carboxylic acids is 1. The maximum Gasteiger partial charge on any atom is 0.259 e. The van der Waals surface area contributed by atoms with Gasteiger partial charge in [-0.05, 0) is 48.0 Å². The minimum Gasteiger partial charge on any atom is -0.311 e. The van der Waals surface area contributed by atoms with E-state index < -0.39 is 0 Å². The summed E-state index contributed by atoms with van der Waals surface area (Å²) in [5, 5.41) is 1.27. The zero-order chi connectivity index (χ0) is 17.1. The van der Waals surface area contributed by atoms with E-state index in [2.05, 4.69) is 4.98 Å². The summed E-state index contributed by atoms with van der Waals surface area (Å²) in [6.45, 7) is 0. The normalized spacial score (nSPS) is 10.5. The summed E-state index contributed by atoms with van der Waals surface area (Å²) >= 11 is 11.9. The fraction of sp³-hybridized carbons (Fsp3) is 0.0526. The molecule has 5 heteroatoms. The van der Waals surface area contributed by atoms with Crippen LogP contribution in [0.5, 0.6) is 0 Å². The zero-order valence-electron chi connectivity index (χ0n) is 12.9. The molecule has 0 N–H and O–H groups in total. The smallest absolute Gasteiger partial charge is 0.259 e. The molecule has 3 nitrogen and oxygen atoms in total. The number of amides is 1. The highest BCUT2D eigenvalue weighted by atomic mass is 35.5. The van der Waals surface area contributed by atoms with E-state index in [9.17, 15) is 4.79 Å². The number of carbonyl (C=O) groups is 1. The van der Waals surface area contributed by atoms with Crippen LogP contribution in [0, 0.1) is 0 Å². The first-order chi connectivity index (χ1) is 11.5. The lowest BCUT2D eigenvalue weighted by Gasteiger charge is -2.17. The molecular formula is C19H14Cl2N2O. The molecule has 0 aliphatic carbocycles. The van der Waals surface area contributed by atoms with Crippen molar-refractivity contribution >= 4 is 34.8 Å². The molecule has 0 aliphatic heterocycles. The Bertz CT molecular complexity index is 879. The Morgan fingerprint density at radius 3 is 2.38 bits per heavy atom. The van der Waals surface area contributed by atoms with Crippen LogP contribution in [0.3, 0.4) is 0 Å². The van der Waals surface area contributed by atoms with Gasteiger partial charge in [0.1, 0.15) is 0 Å². The predicted molar refractivity (Wildman–Crippen MR) is 98.9 cm³/mol. The van der Waals surface area contributed by atoms with Crippen molar-refractivity contribution in [2.45, 2.75) is 0 Å². The Morgan fingerprint density at radius 2 is 1.67 bits per heavy atom. The number of anilines is 1. The fourth-order valence-corrected chi connectivity index (χ4v) is 2.67. The monoisotopic (exact) mass is 356 g/mol. The highest BCUT2D eigenvalue weighted by Gasteiger charge is 2.15. The van der Waals surface area contributed by atoms with Crippen molar-refractivity contribution in [1.29, 1.82) is 0 Å². The van der Waals surface area contributed by atoms with E-state index in [0.29, 0.717) is 15.6 Å². The van der Waals surface area contributed by atoms with Crippen molar-refractivity contribution in [3.05, 3.63) is 82.6 Å². The van der Waals surface area contributed by atoms with Gasteiger partial charge in [-0.25, -0.2) is 0 Å². The number of hydrogen-bond donors (Lipinski definition) is 0.